The van der Waals surface area contributed by atoms with E-state index in [1.54, 1.807) is 0 Å². The maximum atomic E-state index is 10.8. The van der Waals surface area contributed by atoms with Crippen LogP contribution in [0.3, 0.4) is 0 Å². The van der Waals surface area contributed by atoms with E-state index in [0.717, 1.165) is 12.0 Å². The van der Waals surface area contributed by atoms with Gasteiger partial charge >= 0.3 is 5.97 Å². The highest BCUT2D eigenvalue weighted by Gasteiger charge is 2.06. The van der Waals surface area contributed by atoms with Gasteiger partial charge in [0.15, 0.2) is 0 Å². The fraction of sp³-hybridized carbons (Fsp3) is 0.417. The highest BCUT2D eigenvalue weighted by atomic mass is 16.5. The first-order valence-electron chi connectivity index (χ1n) is 4.86. The van der Waals surface area contributed by atoms with Crippen LogP contribution in [0.1, 0.15) is 26.3 Å². The summed E-state index contributed by atoms with van der Waals surface area (Å²) in [5.74, 6) is 0.988. The molecule has 0 unspecified atom stereocenters. The number of rotatable bonds is 3. The predicted molar refractivity (Wildman–Crippen MR) is 56.3 cm³/mol. The van der Waals surface area contributed by atoms with Crippen molar-refractivity contribution in [1.29, 1.82) is 0 Å². The molecule has 0 spiro atoms. The Bertz CT molecular complexity index is 316. The lowest BCUT2D eigenvalue weighted by Gasteiger charge is -2.10. The first kappa shape index (κ1) is 10.8. The van der Waals surface area contributed by atoms with Crippen LogP contribution in [0, 0.1) is 5.92 Å². The van der Waals surface area contributed by atoms with E-state index in [9.17, 15) is 4.79 Å². The van der Waals surface area contributed by atoms with Crippen molar-refractivity contribution in [2.24, 2.45) is 5.92 Å². The van der Waals surface area contributed by atoms with Gasteiger partial charge in [0.25, 0.3) is 0 Å². The standard InChI is InChI=1S/C12H16O2/c1-9(2)8-11-6-4-5-7-12(11)14-10(3)13/h4-7,9H,8H2,1-3H3. The number of hydrogen-bond acceptors (Lipinski definition) is 2. The minimum absolute atomic E-state index is 0.263. The SMILES string of the molecule is CC(=O)Oc1ccccc1CC(C)C. The van der Waals surface area contributed by atoms with Gasteiger partial charge < -0.3 is 4.74 Å². The van der Waals surface area contributed by atoms with Crippen LogP contribution in [0.25, 0.3) is 0 Å². The summed E-state index contributed by atoms with van der Waals surface area (Å²) in [7, 11) is 0. The van der Waals surface area contributed by atoms with E-state index >= 15 is 0 Å². The first-order chi connectivity index (χ1) is 6.59. The number of ether oxygens (including phenoxy) is 1. The summed E-state index contributed by atoms with van der Waals surface area (Å²) in [5.41, 5.74) is 1.10. The summed E-state index contributed by atoms with van der Waals surface area (Å²) in [6, 6.07) is 7.67. The summed E-state index contributed by atoms with van der Waals surface area (Å²) in [6.07, 6.45) is 0.934. The summed E-state index contributed by atoms with van der Waals surface area (Å²) in [4.78, 5) is 10.8. The minimum Gasteiger partial charge on any atom is -0.426 e. The number of para-hydroxylation sites is 1. The molecule has 1 aromatic rings. The molecule has 2 heteroatoms. The van der Waals surface area contributed by atoms with E-state index in [1.807, 2.05) is 24.3 Å². The van der Waals surface area contributed by atoms with Crippen LogP contribution in [0.15, 0.2) is 24.3 Å². The quantitative estimate of drug-likeness (QED) is 0.543. The lowest BCUT2D eigenvalue weighted by atomic mass is 10.0. The molecule has 0 atom stereocenters. The molecular formula is C12H16O2. The second-order valence-corrected chi connectivity index (χ2v) is 3.80. The van der Waals surface area contributed by atoms with E-state index in [0.29, 0.717) is 11.7 Å². The molecule has 0 aromatic heterocycles. The molecule has 1 aromatic carbocycles. The smallest absolute Gasteiger partial charge is 0.308 e. The van der Waals surface area contributed by atoms with Gasteiger partial charge in [0.1, 0.15) is 5.75 Å². The molecule has 1 rings (SSSR count). The van der Waals surface area contributed by atoms with Crippen LogP contribution in [-0.4, -0.2) is 5.97 Å². The Labute approximate surface area is 84.9 Å². The predicted octanol–water partition coefficient (Wildman–Crippen LogP) is 2.81. The fourth-order valence-electron chi connectivity index (χ4n) is 1.37. The van der Waals surface area contributed by atoms with Crippen molar-refractivity contribution in [2.75, 3.05) is 0 Å². The number of hydrogen-bond donors (Lipinski definition) is 0. The topological polar surface area (TPSA) is 26.3 Å². The molecule has 0 fully saturated rings. The zero-order valence-corrected chi connectivity index (χ0v) is 8.91. The van der Waals surface area contributed by atoms with Gasteiger partial charge in [-0.1, -0.05) is 32.0 Å². The van der Waals surface area contributed by atoms with Gasteiger partial charge in [-0.25, -0.2) is 0 Å². The number of carbonyl (C=O) groups is 1. The summed E-state index contributed by atoms with van der Waals surface area (Å²) >= 11 is 0. The lowest BCUT2D eigenvalue weighted by molar-refractivity contribution is -0.131. The van der Waals surface area contributed by atoms with Crippen molar-refractivity contribution in [3.05, 3.63) is 29.8 Å². The van der Waals surface area contributed by atoms with Crippen molar-refractivity contribution in [1.82, 2.24) is 0 Å². The van der Waals surface area contributed by atoms with Crippen molar-refractivity contribution in [2.45, 2.75) is 27.2 Å². The molecule has 0 saturated heterocycles. The third-order valence-corrected chi connectivity index (χ3v) is 1.85. The average Bonchev–Trinajstić information content (AvgIpc) is 2.06. The molecule has 0 radical (unpaired) electrons. The summed E-state index contributed by atoms with van der Waals surface area (Å²) in [6.45, 7) is 5.71. The fourth-order valence-corrected chi connectivity index (χ4v) is 1.37. The first-order valence-corrected chi connectivity index (χ1v) is 4.86. The van der Waals surface area contributed by atoms with Gasteiger partial charge in [-0.05, 0) is 24.0 Å². The van der Waals surface area contributed by atoms with Gasteiger partial charge in [-0.15, -0.1) is 0 Å². The molecule has 0 N–H and O–H groups in total. The minimum atomic E-state index is -0.263. The van der Waals surface area contributed by atoms with Crippen LogP contribution in [-0.2, 0) is 11.2 Å². The van der Waals surface area contributed by atoms with Crippen molar-refractivity contribution < 1.29 is 9.53 Å². The van der Waals surface area contributed by atoms with E-state index in [2.05, 4.69) is 13.8 Å². The maximum Gasteiger partial charge on any atom is 0.308 e. The summed E-state index contributed by atoms with van der Waals surface area (Å²) < 4.78 is 5.11. The van der Waals surface area contributed by atoms with Gasteiger partial charge in [0.2, 0.25) is 0 Å². The number of benzene rings is 1. The van der Waals surface area contributed by atoms with Crippen LogP contribution < -0.4 is 4.74 Å². The Hall–Kier alpha value is -1.31. The van der Waals surface area contributed by atoms with E-state index in [1.165, 1.54) is 6.92 Å². The highest BCUT2D eigenvalue weighted by Crippen LogP contribution is 2.21. The Balaban J connectivity index is 2.85. The van der Waals surface area contributed by atoms with Crippen LogP contribution in [0.2, 0.25) is 0 Å². The number of esters is 1. The molecule has 2 nitrogen and oxygen atoms in total. The molecule has 14 heavy (non-hydrogen) atoms. The third-order valence-electron chi connectivity index (χ3n) is 1.85. The van der Waals surface area contributed by atoms with Gasteiger partial charge in [0.05, 0.1) is 0 Å². The van der Waals surface area contributed by atoms with Crippen LogP contribution in [0.5, 0.6) is 5.75 Å². The molecule has 0 heterocycles. The average molecular weight is 192 g/mol. The van der Waals surface area contributed by atoms with Gasteiger partial charge in [-0.2, -0.15) is 0 Å². The summed E-state index contributed by atoms with van der Waals surface area (Å²) in [5, 5.41) is 0. The zero-order chi connectivity index (χ0) is 10.6. The van der Waals surface area contributed by atoms with Crippen LogP contribution >= 0.6 is 0 Å². The largest absolute Gasteiger partial charge is 0.426 e. The van der Waals surface area contributed by atoms with Crippen molar-refractivity contribution in [3.63, 3.8) is 0 Å². The van der Waals surface area contributed by atoms with Crippen molar-refractivity contribution >= 4 is 5.97 Å². The molecule has 0 saturated carbocycles. The Kier molecular flexibility index (Phi) is 3.69. The highest BCUT2D eigenvalue weighted by molar-refractivity contribution is 5.69. The van der Waals surface area contributed by atoms with Crippen molar-refractivity contribution in [3.8, 4) is 5.75 Å². The third kappa shape index (κ3) is 3.21. The lowest BCUT2D eigenvalue weighted by Crippen LogP contribution is -2.05. The van der Waals surface area contributed by atoms with Crippen LogP contribution in [0.4, 0.5) is 0 Å². The molecule has 0 aliphatic heterocycles. The monoisotopic (exact) mass is 192 g/mol. The molecule has 0 aliphatic rings. The second-order valence-electron chi connectivity index (χ2n) is 3.80. The number of carbonyl (C=O) groups excluding carboxylic acids is 1. The molecule has 0 aliphatic carbocycles. The van der Waals surface area contributed by atoms with Gasteiger partial charge in [-0.3, -0.25) is 4.79 Å². The van der Waals surface area contributed by atoms with E-state index in [-0.39, 0.29) is 5.97 Å². The Morgan fingerprint density at radius 2 is 2.00 bits per heavy atom. The molecule has 0 bridgehead atoms. The zero-order valence-electron chi connectivity index (χ0n) is 8.91. The Morgan fingerprint density at radius 3 is 2.57 bits per heavy atom. The van der Waals surface area contributed by atoms with E-state index < -0.39 is 0 Å². The molecule has 0 amide bonds. The second kappa shape index (κ2) is 4.80. The Morgan fingerprint density at radius 1 is 1.36 bits per heavy atom. The van der Waals surface area contributed by atoms with E-state index in [4.69, 9.17) is 4.74 Å². The van der Waals surface area contributed by atoms with Gasteiger partial charge in [0, 0.05) is 6.92 Å². The molecule has 76 valence electrons. The normalized spacial score (nSPS) is 10.3. The maximum absolute atomic E-state index is 10.8. The molecular weight excluding hydrogens is 176 g/mol.